The number of aromatic nitrogens is 3. The minimum Gasteiger partial charge on any atom is -0.466 e. The number of likely N-dealkylation sites (tertiary alicyclic amines) is 1. The SMILES string of the molecule is CCN1CCCC1CNc1nc(NCC2CCCCC2)nc(Nc2ccc(OCOC)c(Cl)c2)n1. The van der Waals surface area contributed by atoms with E-state index in [2.05, 4.69) is 42.7 Å². The van der Waals surface area contributed by atoms with Crippen LogP contribution in [0.3, 0.4) is 0 Å². The standard InChI is InChI=1S/C25H38ClN7O2/c1-3-33-13-7-10-20(33)16-28-24-30-23(27-15-18-8-5-4-6-9-18)31-25(32-24)29-19-11-12-22(21(26)14-19)35-17-34-2/h11-12,14,18,20H,3-10,13,15-17H2,1-2H3,(H3,27,28,29,30,31,32). The number of halogens is 1. The molecule has 2 aromatic rings. The minimum atomic E-state index is 0.140. The van der Waals surface area contributed by atoms with Crippen LogP contribution < -0.4 is 20.7 Å². The van der Waals surface area contributed by atoms with E-state index in [-0.39, 0.29) is 6.79 Å². The Morgan fingerprint density at radius 3 is 2.43 bits per heavy atom. The van der Waals surface area contributed by atoms with Crippen LogP contribution in [0, 0.1) is 5.92 Å². The molecule has 2 heterocycles. The lowest BCUT2D eigenvalue weighted by atomic mass is 9.89. The summed E-state index contributed by atoms with van der Waals surface area (Å²) in [5, 5.41) is 10.7. The number of nitrogens with zero attached hydrogens (tertiary/aromatic N) is 4. The summed E-state index contributed by atoms with van der Waals surface area (Å²) in [6.07, 6.45) is 8.92. The highest BCUT2D eigenvalue weighted by Gasteiger charge is 2.23. The molecule has 1 aliphatic heterocycles. The van der Waals surface area contributed by atoms with Gasteiger partial charge in [0.15, 0.2) is 6.79 Å². The van der Waals surface area contributed by atoms with Gasteiger partial charge in [0.1, 0.15) is 5.75 Å². The summed E-state index contributed by atoms with van der Waals surface area (Å²) in [4.78, 5) is 16.5. The van der Waals surface area contributed by atoms with Gasteiger partial charge in [-0.1, -0.05) is 37.8 Å². The molecule has 2 aliphatic rings. The lowest BCUT2D eigenvalue weighted by molar-refractivity contribution is 0.0512. The molecule has 0 amide bonds. The number of rotatable bonds is 12. The van der Waals surface area contributed by atoms with E-state index in [4.69, 9.17) is 21.1 Å². The summed E-state index contributed by atoms with van der Waals surface area (Å²) in [6, 6.07) is 5.97. The molecular weight excluding hydrogens is 466 g/mol. The van der Waals surface area contributed by atoms with Gasteiger partial charge in [0.25, 0.3) is 0 Å². The number of ether oxygens (including phenoxy) is 2. The van der Waals surface area contributed by atoms with Crippen LogP contribution in [0.5, 0.6) is 5.75 Å². The van der Waals surface area contributed by atoms with Crippen molar-refractivity contribution in [2.24, 2.45) is 5.92 Å². The van der Waals surface area contributed by atoms with Crippen molar-refractivity contribution in [1.82, 2.24) is 19.9 Å². The molecular formula is C25H38ClN7O2. The third kappa shape index (κ3) is 7.56. The molecule has 1 unspecified atom stereocenters. The summed E-state index contributed by atoms with van der Waals surface area (Å²) in [5.74, 6) is 2.85. The van der Waals surface area contributed by atoms with Crippen LogP contribution in [0.4, 0.5) is 23.5 Å². The smallest absolute Gasteiger partial charge is 0.233 e. The van der Waals surface area contributed by atoms with Gasteiger partial charge in [-0.15, -0.1) is 0 Å². The van der Waals surface area contributed by atoms with Crippen LogP contribution >= 0.6 is 11.6 Å². The first kappa shape index (κ1) is 25.7. The van der Waals surface area contributed by atoms with Gasteiger partial charge in [-0.05, 0) is 62.9 Å². The highest BCUT2D eigenvalue weighted by atomic mass is 35.5. The maximum atomic E-state index is 6.38. The highest BCUT2D eigenvalue weighted by Crippen LogP contribution is 2.29. The van der Waals surface area contributed by atoms with E-state index in [1.54, 1.807) is 19.2 Å². The molecule has 1 aromatic heterocycles. The molecule has 2 fully saturated rings. The summed E-state index contributed by atoms with van der Waals surface area (Å²) in [6.45, 7) is 6.28. The zero-order chi connectivity index (χ0) is 24.5. The second kappa shape index (κ2) is 13.1. The highest BCUT2D eigenvalue weighted by molar-refractivity contribution is 6.32. The van der Waals surface area contributed by atoms with Gasteiger partial charge in [-0.3, -0.25) is 4.90 Å². The lowest BCUT2D eigenvalue weighted by Crippen LogP contribution is -2.35. The van der Waals surface area contributed by atoms with Crippen molar-refractivity contribution < 1.29 is 9.47 Å². The van der Waals surface area contributed by atoms with Crippen LogP contribution in [0.15, 0.2) is 18.2 Å². The Labute approximate surface area is 213 Å². The number of anilines is 4. The molecule has 192 valence electrons. The van der Waals surface area contributed by atoms with Crippen LogP contribution in [-0.4, -0.2) is 66.0 Å². The van der Waals surface area contributed by atoms with Crippen molar-refractivity contribution in [2.45, 2.75) is 57.9 Å². The molecule has 0 radical (unpaired) electrons. The van der Waals surface area contributed by atoms with Crippen molar-refractivity contribution >= 4 is 35.1 Å². The van der Waals surface area contributed by atoms with E-state index >= 15 is 0 Å². The quantitative estimate of drug-likeness (QED) is 0.340. The summed E-state index contributed by atoms with van der Waals surface area (Å²) in [7, 11) is 1.57. The van der Waals surface area contributed by atoms with E-state index in [1.165, 1.54) is 44.9 Å². The molecule has 1 saturated carbocycles. The predicted molar refractivity (Wildman–Crippen MR) is 141 cm³/mol. The number of hydrogen-bond acceptors (Lipinski definition) is 9. The predicted octanol–water partition coefficient (Wildman–Crippen LogP) is 5.14. The van der Waals surface area contributed by atoms with Crippen molar-refractivity contribution in [3.8, 4) is 5.75 Å². The van der Waals surface area contributed by atoms with Gasteiger partial charge in [0.2, 0.25) is 17.8 Å². The van der Waals surface area contributed by atoms with Gasteiger partial charge in [0.05, 0.1) is 5.02 Å². The Morgan fingerprint density at radius 2 is 1.71 bits per heavy atom. The molecule has 0 spiro atoms. The van der Waals surface area contributed by atoms with Crippen LogP contribution in [0.25, 0.3) is 0 Å². The van der Waals surface area contributed by atoms with E-state index in [1.807, 2.05) is 6.07 Å². The minimum absolute atomic E-state index is 0.140. The molecule has 35 heavy (non-hydrogen) atoms. The van der Waals surface area contributed by atoms with Crippen molar-refractivity contribution in [2.75, 3.05) is 56.0 Å². The largest absolute Gasteiger partial charge is 0.466 e. The zero-order valence-electron chi connectivity index (χ0n) is 20.9. The third-order valence-corrected chi connectivity index (χ3v) is 7.13. The number of benzene rings is 1. The molecule has 3 N–H and O–H groups in total. The van der Waals surface area contributed by atoms with Gasteiger partial charge in [-0.25, -0.2) is 0 Å². The molecule has 4 rings (SSSR count). The van der Waals surface area contributed by atoms with Gasteiger partial charge in [-0.2, -0.15) is 15.0 Å². The average Bonchev–Trinajstić information content (AvgIpc) is 3.34. The fourth-order valence-electron chi connectivity index (χ4n) is 4.92. The number of methoxy groups -OCH3 is 1. The molecule has 1 aromatic carbocycles. The normalized spacial score (nSPS) is 19.0. The van der Waals surface area contributed by atoms with E-state index in [0.717, 1.165) is 31.9 Å². The monoisotopic (exact) mass is 503 g/mol. The fraction of sp³-hybridized carbons (Fsp3) is 0.640. The average molecular weight is 504 g/mol. The Morgan fingerprint density at radius 1 is 0.971 bits per heavy atom. The van der Waals surface area contributed by atoms with Crippen molar-refractivity contribution in [1.29, 1.82) is 0 Å². The van der Waals surface area contributed by atoms with Gasteiger partial charge >= 0.3 is 0 Å². The Balaban J connectivity index is 1.46. The summed E-state index contributed by atoms with van der Waals surface area (Å²) in [5.41, 5.74) is 0.767. The third-order valence-electron chi connectivity index (χ3n) is 6.83. The molecule has 1 saturated heterocycles. The maximum Gasteiger partial charge on any atom is 0.233 e. The second-order valence-electron chi connectivity index (χ2n) is 9.32. The summed E-state index contributed by atoms with van der Waals surface area (Å²) < 4.78 is 10.4. The Bertz CT molecular complexity index is 942. The lowest BCUT2D eigenvalue weighted by Gasteiger charge is -2.23. The first-order valence-electron chi connectivity index (χ1n) is 12.8. The van der Waals surface area contributed by atoms with Crippen molar-refractivity contribution in [3.63, 3.8) is 0 Å². The summed E-state index contributed by atoms with van der Waals surface area (Å²) >= 11 is 6.38. The van der Waals surface area contributed by atoms with Crippen LogP contribution in [0.1, 0.15) is 51.9 Å². The van der Waals surface area contributed by atoms with Crippen LogP contribution in [-0.2, 0) is 4.74 Å². The van der Waals surface area contributed by atoms with E-state index in [0.29, 0.717) is 40.6 Å². The molecule has 10 heteroatoms. The topological polar surface area (TPSA) is 96.5 Å². The number of nitrogens with one attached hydrogen (secondary N) is 3. The Kier molecular flexibility index (Phi) is 9.62. The zero-order valence-corrected chi connectivity index (χ0v) is 21.6. The second-order valence-corrected chi connectivity index (χ2v) is 9.72. The molecule has 9 nitrogen and oxygen atoms in total. The first-order chi connectivity index (χ1) is 17.1. The van der Waals surface area contributed by atoms with Crippen molar-refractivity contribution in [3.05, 3.63) is 23.2 Å². The molecule has 1 atom stereocenters. The van der Waals surface area contributed by atoms with Crippen LogP contribution in [0.2, 0.25) is 5.02 Å². The maximum absolute atomic E-state index is 6.38. The van der Waals surface area contributed by atoms with Gasteiger partial charge in [0, 0.05) is 31.9 Å². The molecule has 1 aliphatic carbocycles. The number of likely N-dealkylation sites (N-methyl/N-ethyl adjacent to an activating group) is 1. The fourth-order valence-corrected chi connectivity index (χ4v) is 5.15. The Hall–Kier alpha value is -2.36. The number of hydrogen-bond donors (Lipinski definition) is 3. The van der Waals surface area contributed by atoms with Gasteiger partial charge < -0.3 is 25.4 Å². The first-order valence-corrected chi connectivity index (χ1v) is 13.2. The van der Waals surface area contributed by atoms with E-state index in [9.17, 15) is 0 Å². The van der Waals surface area contributed by atoms with E-state index < -0.39 is 0 Å². The molecule has 0 bridgehead atoms.